The van der Waals surface area contributed by atoms with E-state index < -0.39 is 12.2 Å². The number of nitrogens with one attached hydrogen (secondary N) is 1. The van der Waals surface area contributed by atoms with Crippen molar-refractivity contribution in [2.45, 2.75) is 25.6 Å². The number of Topliss-reactive ketones (excluding diaryl/α,β-unsaturated/α-hetero) is 1. The summed E-state index contributed by atoms with van der Waals surface area (Å²) < 4.78 is 0. The Bertz CT molecular complexity index is 423. The van der Waals surface area contributed by atoms with Gasteiger partial charge < -0.3 is 15.5 Å². The molecule has 5 heteroatoms. The SMILES string of the molecule is CNCCC(O)C(O)c1ccc(Cl)c(C(C)=O)c1. The van der Waals surface area contributed by atoms with Crippen LogP contribution in [-0.2, 0) is 0 Å². The molecule has 3 N–H and O–H groups in total. The van der Waals surface area contributed by atoms with Crippen LogP contribution in [0.1, 0.15) is 35.4 Å². The van der Waals surface area contributed by atoms with Gasteiger partial charge in [0.2, 0.25) is 0 Å². The molecule has 0 heterocycles. The molecule has 0 fully saturated rings. The van der Waals surface area contributed by atoms with E-state index in [1.807, 2.05) is 0 Å². The highest BCUT2D eigenvalue weighted by molar-refractivity contribution is 6.33. The number of rotatable bonds is 6. The summed E-state index contributed by atoms with van der Waals surface area (Å²) >= 11 is 5.88. The second kappa shape index (κ2) is 6.85. The molecular weight excluding hydrogens is 254 g/mol. The van der Waals surface area contributed by atoms with Crippen LogP contribution in [0.15, 0.2) is 18.2 Å². The molecule has 1 aromatic carbocycles. The summed E-state index contributed by atoms with van der Waals surface area (Å²) in [5, 5.41) is 23.0. The maximum Gasteiger partial charge on any atom is 0.161 e. The summed E-state index contributed by atoms with van der Waals surface area (Å²) in [5.74, 6) is -0.168. The fraction of sp³-hybridized carbons (Fsp3) is 0.462. The highest BCUT2D eigenvalue weighted by Gasteiger charge is 2.19. The molecule has 0 saturated carbocycles. The molecule has 0 aliphatic rings. The summed E-state index contributed by atoms with van der Waals surface area (Å²) in [7, 11) is 1.77. The molecule has 0 aromatic heterocycles. The van der Waals surface area contributed by atoms with Crippen LogP contribution in [0.3, 0.4) is 0 Å². The van der Waals surface area contributed by atoms with Crippen LogP contribution >= 0.6 is 11.6 Å². The molecule has 18 heavy (non-hydrogen) atoms. The Labute approximate surface area is 112 Å². The van der Waals surface area contributed by atoms with Gasteiger partial charge in [-0.2, -0.15) is 0 Å². The van der Waals surface area contributed by atoms with Gasteiger partial charge in [-0.15, -0.1) is 0 Å². The molecule has 4 nitrogen and oxygen atoms in total. The summed E-state index contributed by atoms with van der Waals surface area (Å²) in [6, 6.07) is 4.70. The first-order chi connectivity index (χ1) is 8.47. The van der Waals surface area contributed by atoms with Crippen LogP contribution < -0.4 is 5.32 Å². The monoisotopic (exact) mass is 271 g/mol. The number of ketones is 1. The summed E-state index contributed by atoms with van der Waals surface area (Å²) in [4.78, 5) is 11.3. The average Bonchev–Trinajstić information content (AvgIpc) is 2.35. The first-order valence-electron chi connectivity index (χ1n) is 5.78. The molecule has 0 radical (unpaired) electrons. The molecular formula is C13H18ClNO3. The molecule has 2 atom stereocenters. The van der Waals surface area contributed by atoms with Crippen molar-refractivity contribution in [2.24, 2.45) is 0 Å². The van der Waals surface area contributed by atoms with Crippen molar-refractivity contribution >= 4 is 17.4 Å². The zero-order chi connectivity index (χ0) is 13.7. The third-order valence-electron chi connectivity index (χ3n) is 2.77. The quantitative estimate of drug-likeness (QED) is 0.687. The van der Waals surface area contributed by atoms with Gasteiger partial charge in [0.25, 0.3) is 0 Å². The number of aliphatic hydroxyl groups excluding tert-OH is 2. The van der Waals surface area contributed by atoms with E-state index in [2.05, 4.69) is 5.32 Å². The Morgan fingerprint density at radius 1 is 1.44 bits per heavy atom. The fourth-order valence-electron chi connectivity index (χ4n) is 1.67. The van der Waals surface area contributed by atoms with Crippen LogP contribution in [0.4, 0.5) is 0 Å². The summed E-state index contributed by atoms with van der Waals surface area (Å²) in [5.41, 5.74) is 0.849. The maximum atomic E-state index is 11.3. The minimum absolute atomic E-state index is 0.168. The first kappa shape index (κ1) is 15.1. The second-order valence-electron chi connectivity index (χ2n) is 4.20. The van der Waals surface area contributed by atoms with Gasteiger partial charge in [-0.1, -0.05) is 17.7 Å². The molecule has 1 aromatic rings. The van der Waals surface area contributed by atoms with Gasteiger partial charge in [0.1, 0.15) is 6.10 Å². The van der Waals surface area contributed by atoms with Gasteiger partial charge in [0.05, 0.1) is 11.1 Å². The van der Waals surface area contributed by atoms with Crippen molar-refractivity contribution < 1.29 is 15.0 Å². The van der Waals surface area contributed by atoms with E-state index in [0.717, 1.165) is 0 Å². The van der Waals surface area contributed by atoms with E-state index in [1.54, 1.807) is 19.2 Å². The number of carbonyl (C=O) groups is 1. The zero-order valence-electron chi connectivity index (χ0n) is 10.5. The molecule has 0 bridgehead atoms. The predicted octanol–water partition coefficient (Wildman–Crippen LogP) is 1.55. The number of benzene rings is 1. The molecule has 0 spiro atoms. The van der Waals surface area contributed by atoms with Crippen molar-refractivity contribution in [2.75, 3.05) is 13.6 Å². The lowest BCUT2D eigenvalue weighted by molar-refractivity contribution is 0.0140. The number of halogens is 1. The van der Waals surface area contributed by atoms with Crippen LogP contribution in [0, 0.1) is 0 Å². The number of hydrogen-bond acceptors (Lipinski definition) is 4. The predicted molar refractivity (Wildman–Crippen MR) is 71.0 cm³/mol. The first-order valence-corrected chi connectivity index (χ1v) is 6.16. The third-order valence-corrected chi connectivity index (χ3v) is 3.10. The van der Waals surface area contributed by atoms with E-state index in [4.69, 9.17) is 11.6 Å². The number of aliphatic hydroxyl groups is 2. The van der Waals surface area contributed by atoms with Crippen molar-refractivity contribution in [3.8, 4) is 0 Å². The molecule has 0 aliphatic heterocycles. The van der Waals surface area contributed by atoms with E-state index in [9.17, 15) is 15.0 Å². The summed E-state index contributed by atoms with van der Waals surface area (Å²) in [6.07, 6.45) is -1.47. The Hall–Kier alpha value is -0.940. The van der Waals surface area contributed by atoms with Crippen LogP contribution in [0.2, 0.25) is 5.02 Å². The van der Waals surface area contributed by atoms with Crippen LogP contribution in [-0.4, -0.2) is 35.7 Å². The van der Waals surface area contributed by atoms with Gasteiger partial charge in [-0.25, -0.2) is 0 Å². The topological polar surface area (TPSA) is 69.6 Å². The average molecular weight is 272 g/mol. The molecule has 0 amide bonds. The lowest BCUT2D eigenvalue weighted by atomic mass is 9.99. The van der Waals surface area contributed by atoms with E-state index >= 15 is 0 Å². The van der Waals surface area contributed by atoms with Gasteiger partial charge in [-0.3, -0.25) is 4.79 Å². The number of carbonyl (C=O) groups excluding carboxylic acids is 1. The van der Waals surface area contributed by atoms with Gasteiger partial charge >= 0.3 is 0 Å². The standard InChI is InChI=1S/C13H18ClNO3/c1-8(16)10-7-9(3-4-11(10)14)13(18)12(17)5-6-15-2/h3-4,7,12-13,15,17-18H,5-6H2,1-2H3. The molecule has 100 valence electrons. The molecule has 0 saturated heterocycles. The van der Waals surface area contributed by atoms with Crippen molar-refractivity contribution in [1.82, 2.24) is 5.32 Å². The highest BCUT2D eigenvalue weighted by atomic mass is 35.5. The van der Waals surface area contributed by atoms with E-state index in [-0.39, 0.29) is 5.78 Å². The Morgan fingerprint density at radius 3 is 2.67 bits per heavy atom. The Kier molecular flexibility index (Phi) is 5.75. The third kappa shape index (κ3) is 3.78. The van der Waals surface area contributed by atoms with Gasteiger partial charge in [-0.05, 0) is 44.6 Å². The minimum atomic E-state index is -1.02. The lowest BCUT2D eigenvalue weighted by Gasteiger charge is -2.18. The van der Waals surface area contributed by atoms with Crippen LogP contribution in [0.25, 0.3) is 0 Å². The van der Waals surface area contributed by atoms with Gasteiger partial charge in [0, 0.05) is 5.56 Å². The fourth-order valence-corrected chi connectivity index (χ4v) is 1.92. The minimum Gasteiger partial charge on any atom is -0.390 e. The molecule has 2 unspecified atom stereocenters. The Morgan fingerprint density at radius 2 is 2.11 bits per heavy atom. The highest BCUT2D eigenvalue weighted by Crippen LogP contribution is 2.24. The zero-order valence-corrected chi connectivity index (χ0v) is 11.2. The van der Waals surface area contributed by atoms with E-state index in [1.165, 1.54) is 13.0 Å². The van der Waals surface area contributed by atoms with Crippen LogP contribution in [0.5, 0.6) is 0 Å². The second-order valence-corrected chi connectivity index (χ2v) is 4.61. The lowest BCUT2D eigenvalue weighted by Crippen LogP contribution is -2.23. The van der Waals surface area contributed by atoms with Crippen molar-refractivity contribution in [3.63, 3.8) is 0 Å². The summed E-state index contributed by atoms with van der Waals surface area (Å²) in [6.45, 7) is 2.01. The van der Waals surface area contributed by atoms with Crippen molar-refractivity contribution in [1.29, 1.82) is 0 Å². The largest absolute Gasteiger partial charge is 0.390 e. The normalized spacial score (nSPS) is 14.3. The van der Waals surface area contributed by atoms with Crippen molar-refractivity contribution in [3.05, 3.63) is 34.3 Å². The smallest absolute Gasteiger partial charge is 0.161 e. The molecule has 1 rings (SSSR count). The van der Waals surface area contributed by atoms with Gasteiger partial charge in [0.15, 0.2) is 5.78 Å². The molecule has 0 aliphatic carbocycles. The Balaban J connectivity index is 2.89. The van der Waals surface area contributed by atoms with E-state index in [0.29, 0.717) is 29.1 Å². The number of hydrogen-bond donors (Lipinski definition) is 3. The maximum absolute atomic E-state index is 11.3.